The van der Waals surface area contributed by atoms with Crippen LogP contribution in [0.15, 0.2) is 12.3 Å². The Bertz CT molecular complexity index is 286. The van der Waals surface area contributed by atoms with E-state index in [1.807, 2.05) is 6.07 Å². The molecule has 0 bridgehead atoms. The van der Waals surface area contributed by atoms with Crippen LogP contribution in [0, 0.1) is 5.92 Å². The molecule has 0 amide bonds. The number of nitrogens with zero attached hydrogens (tertiary/aromatic N) is 2. The van der Waals surface area contributed by atoms with E-state index in [4.69, 9.17) is 0 Å². The first-order chi connectivity index (χ1) is 7.25. The van der Waals surface area contributed by atoms with Gasteiger partial charge >= 0.3 is 0 Å². The number of hydrogen-bond donors (Lipinski definition) is 2. The molecule has 2 N–H and O–H groups in total. The molecule has 2 atom stereocenters. The molecule has 1 heterocycles. The summed E-state index contributed by atoms with van der Waals surface area (Å²) < 4.78 is 0. The zero-order valence-electron chi connectivity index (χ0n) is 9.19. The molecular formula is C11H19N3O. The SMILES string of the molecule is CN(Cc1ccn[nH]1)CC1CCCC1O. The Kier molecular flexibility index (Phi) is 3.38. The number of aromatic amines is 1. The normalized spacial score (nSPS) is 26.3. The number of hydrogen-bond acceptors (Lipinski definition) is 3. The van der Waals surface area contributed by atoms with Gasteiger partial charge in [-0.2, -0.15) is 5.10 Å². The van der Waals surface area contributed by atoms with Gasteiger partial charge in [-0.05, 0) is 31.9 Å². The average molecular weight is 209 g/mol. The van der Waals surface area contributed by atoms with E-state index in [2.05, 4.69) is 22.1 Å². The largest absolute Gasteiger partial charge is 0.393 e. The first-order valence-corrected chi connectivity index (χ1v) is 5.60. The van der Waals surface area contributed by atoms with Crippen LogP contribution in [0.2, 0.25) is 0 Å². The predicted molar refractivity (Wildman–Crippen MR) is 58.3 cm³/mol. The number of aliphatic hydroxyl groups excluding tert-OH is 1. The lowest BCUT2D eigenvalue weighted by Crippen LogP contribution is -2.29. The van der Waals surface area contributed by atoms with Crippen LogP contribution in [-0.4, -0.2) is 39.9 Å². The summed E-state index contributed by atoms with van der Waals surface area (Å²) >= 11 is 0. The first-order valence-electron chi connectivity index (χ1n) is 5.60. The van der Waals surface area contributed by atoms with Crippen molar-refractivity contribution in [2.45, 2.75) is 31.9 Å². The maximum atomic E-state index is 9.72. The van der Waals surface area contributed by atoms with Crippen molar-refractivity contribution in [3.8, 4) is 0 Å². The molecule has 1 saturated carbocycles. The van der Waals surface area contributed by atoms with E-state index in [1.165, 1.54) is 6.42 Å². The molecular weight excluding hydrogens is 190 g/mol. The molecule has 4 heteroatoms. The zero-order chi connectivity index (χ0) is 10.7. The van der Waals surface area contributed by atoms with Crippen LogP contribution < -0.4 is 0 Å². The quantitative estimate of drug-likeness (QED) is 0.778. The molecule has 84 valence electrons. The monoisotopic (exact) mass is 209 g/mol. The van der Waals surface area contributed by atoms with E-state index >= 15 is 0 Å². The van der Waals surface area contributed by atoms with Crippen molar-refractivity contribution in [1.82, 2.24) is 15.1 Å². The lowest BCUT2D eigenvalue weighted by atomic mass is 10.1. The highest BCUT2D eigenvalue weighted by atomic mass is 16.3. The van der Waals surface area contributed by atoms with Gasteiger partial charge in [-0.3, -0.25) is 5.10 Å². The van der Waals surface area contributed by atoms with E-state index in [9.17, 15) is 5.11 Å². The molecule has 0 spiro atoms. The maximum Gasteiger partial charge on any atom is 0.0580 e. The van der Waals surface area contributed by atoms with Gasteiger partial charge in [0.05, 0.1) is 6.10 Å². The zero-order valence-corrected chi connectivity index (χ0v) is 9.19. The minimum absolute atomic E-state index is 0.0887. The molecule has 1 aromatic rings. The van der Waals surface area contributed by atoms with Gasteiger partial charge in [0.1, 0.15) is 0 Å². The molecule has 0 saturated heterocycles. The van der Waals surface area contributed by atoms with Gasteiger partial charge in [0.15, 0.2) is 0 Å². The van der Waals surface area contributed by atoms with E-state index in [-0.39, 0.29) is 6.10 Å². The van der Waals surface area contributed by atoms with E-state index in [0.717, 1.165) is 31.6 Å². The van der Waals surface area contributed by atoms with Crippen molar-refractivity contribution in [3.05, 3.63) is 18.0 Å². The summed E-state index contributed by atoms with van der Waals surface area (Å²) in [4.78, 5) is 2.24. The van der Waals surface area contributed by atoms with Crippen molar-refractivity contribution in [1.29, 1.82) is 0 Å². The van der Waals surface area contributed by atoms with Crippen LogP contribution in [0.25, 0.3) is 0 Å². The lowest BCUT2D eigenvalue weighted by Gasteiger charge is -2.22. The fourth-order valence-corrected chi connectivity index (χ4v) is 2.36. The van der Waals surface area contributed by atoms with Crippen molar-refractivity contribution >= 4 is 0 Å². The molecule has 1 aliphatic rings. The summed E-state index contributed by atoms with van der Waals surface area (Å²) in [5.74, 6) is 0.456. The Morgan fingerprint density at radius 3 is 3.07 bits per heavy atom. The van der Waals surface area contributed by atoms with Gasteiger partial charge < -0.3 is 10.0 Å². The molecule has 1 fully saturated rings. The third-order valence-electron chi connectivity index (χ3n) is 3.16. The second-order valence-electron chi connectivity index (χ2n) is 4.54. The fraction of sp³-hybridized carbons (Fsp3) is 0.727. The molecule has 1 aliphatic carbocycles. The van der Waals surface area contributed by atoms with Crippen LogP contribution in [0.1, 0.15) is 25.0 Å². The van der Waals surface area contributed by atoms with E-state index in [1.54, 1.807) is 6.20 Å². The van der Waals surface area contributed by atoms with Gasteiger partial charge in [0.25, 0.3) is 0 Å². The first kappa shape index (κ1) is 10.6. The highest BCUT2D eigenvalue weighted by Crippen LogP contribution is 2.26. The van der Waals surface area contributed by atoms with Crippen molar-refractivity contribution in [3.63, 3.8) is 0 Å². The van der Waals surface area contributed by atoms with Gasteiger partial charge in [0.2, 0.25) is 0 Å². The number of aromatic nitrogens is 2. The smallest absolute Gasteiger partial charge is 0.0580 e. The van der Waals surface area contributed by atoms with Crippen molar-refractivity contribution in [2.24, 2.45) is 5.92 Å². The number of rotatable bonds is 4. The Morgan fingerprint density at radius 2 is 2.47 bits per heavy atom. The molecule has 4 nitrogen and oxygen atoms in total. The summed E-state index contributed by atoms with van der Waals surface area (Å²) in [6.07, 6.45) is 4.99. The Labute approximate surface area is 90.3 Å². The van der Waals surface area contributed by atoms with Gasteiger partial charge in [-0.15, -0.1) is 0 Å². The third-order valence-corrected chi connectivity index (χ3v) is 3.16. The van der Waals surface area contributed by atoms with Crippen LogP contribution in [0.3, 0.4) is 0 Å². The summed E-state index contributed by atoms with van der Waals surface area (Å²) in [5.41, 5.74) is 1.13. The minimum atomic E-state index is -0.0887. The summed E-state index contributed by atoms with van der Waals surface area (Å²) in [5, 5.41) is 16.6. The number of aliphatic hydroxyl groups is 1. The van der Waals surface area contributed by atoms with Crippen LogP contribution in [-0.2, 0) is 6.54 Å². The average Bonchev–Trinajstić information content (AvgIpc) is 2.79. The molecule has 15 heavy (non-hydrogen) atoms. The minimum Gasteiger partial charge on any atom is -0.393 e. The summed E-state index contributed by atoms with van der Waals surface area (Å²) in [6.45, 7) is 1.85. The lowest BCUT2D eigenvalue weighted by molar-refractivity contribution is 0.107. The Balaban J connectivity index is 1.79. The predicted octanol–water partition coefficient (Wildman–Crippen LogP) is 1.00. The fourth-order valence-electron chi connectivity index (χ4n) is 2.36. The number of nitrogens with one attached hydrogen (secondary N) is 1. The highest BCUT2D eigenvalue weighted by Gasteiger charge is 2.25. The molecule has 0 aromatic carbocycles. The molecule has 2 rings (SSSR count). The van der Waals surface area contributed by atoms with Crippen LogP contribution in [0.5, 0.6) is 0 Å². The standard InChI is InChI=1S/C11H19N3O/c1-14(8-10-5-6-12-13-10)7-9-3-2-4-11(9)15/h5-6,9,11,15H,2-4,7-8H2,1H3,(H,12,13). The molecule has 1 aromatic heterocycles. The third kappa shape index (κ3) is 2.79. The maximum absolute atomic E-state index is 9.72. The van der Waals surface area contributed by atoms with Crippen molar-refractivity contribution < 1.29 is 5.11 Å². The van der Waals surface area contributed by atoms with Gasteiger partial charge in [0, 0.05) is 25.0 Å². The van der Waals surface area contributed by atoms with E-state index < -0.39 is 0 Å². The van der Waals surface area contributed by atoms with E-state index in [0.29, 0.717) is 5.92 Å². The van der Waals surface area contributed by atoms with Crippen LogP contribution >= 0.6 is 0 Å². The van der Waals surface area contributed by atoms with Crippen LogP contribution in [0.4, 0.5) is 0 Å². The molecule has 0 aliphatic heterocycles. The Morgan fingerprint density at radius 1 is 1.60 bits per heavy atom. The second-order valence-corrected chi connectivity index (χ2v) is 4.54. The van der Waals surface area contributed by atoms with Gasteiger partial charge in [-0.1, -0.05) is 6.42 Å². The summed E-state index contributed by atoms with van der Waals surface area (Å²) in [7, 11) is 2.09. The molecule has 2 unspecified atom stereocenters. The summed E-state index contributed by atoms with van der Waals surface area (Å²) in [6, 6.07) is 1.99. The second kappa shape index (κ2) is 4.77. The van der Waals surface area contributed by atoms with Crippen molar-refractivity contribution in [2.75, 3.05) is 13.6 Å². The topological polar surface area (TPSA) is 52.2 Å². The Hall–Kier alpha value is -0.870. The van der Waals surface area contributed by atoms with Gasteiger partial charge in [-0.25, -0.2) is 0 Å². The highest BCUT2D eigenvalue weighted by molar-refractivity contribution is 4.97. The number of H-pyrrole nitrogens is 1. The molecule has 0 radical (unpaired) electrons.